The van der Waals surface area contributed by atoms with Crippen molar-refractivity contribution in [3.8, 4) is 0 Å². The lowest BCUT2D eigenvalue weighted by Gasteiger charge is -2.21. The molecular formula is C14H21N3O. The topological polar surface area (TPSA) is 45.2 Å². The summed E-state index contributed by atoms with van der Waals surface area (Å²) >= 11 is 0. The fourth-order valence-electron chi connectivity index (χ4n) is 2.31. The molecule has 1 saturated heterocycles. The molecule has 18 heavy (non-hydrogen) atoms. The summed E-state index contributed by atoms with van der Waals surface area (Å²) < 4.78 is 0. The van der Waals surface area contributed by atoms with Crippen molar-refractivity contribution in [1.82, 2.24) is 9.88 Å². The molecule has 1 N–H and O–H groups in total. The van der Waals surface area contributed by atoms with Gasteiger partial charge in [0.25, 0.3) is 5.91 Å². The number of hydrogen-bond donors (Lipinski definition) is 1. The molecule has 1 aromatic heterocycles. The number of rotatable bonds is 3. The first-order chi connectivity index (χ1) is 8.58. The molecule has 0 saturated carbocycles. The van der Waals surface area contributed by atoms with Gasteiger partial charge in [-0.2, -0.15) is 0 Å². The first kappa shape index (κ1) is 12.9. The Bertz CT molecular complexity index is 431. The molecule has 4 nitrogen and oxygen atoms in total. The summed E-state index contributed by atoms with van der Waals surface area (Å²) in [4.78, 5) is 18.6. The predicted molar refractivity (Wildman–Crippen MR) is 72.7 cm³/mol. The zero-order valence-electron chi connectivity index (χ0n) is 11.3. The minimum absolute atomic E-state index is 0.0485. The van der Waals surface area contributed by atoms with E-state index in [0.29, 0.717) is 17.8 Å². The van der Waals surface area contributed by atoms with Crippen LogP contribution in [0.1, 0.15) is 44.1 Å². The highest BCUT2D eigenvalue weighted by atomic mass is 16.2. The summed E-state index contributed by atoms with van der Waals surface area (Å²) in [6.07, 6.45) is 2.19. The molecule has 4 heteroatoms. The number of anilines is 1. The van der Waals surface area contributed by atoms with Gasteiger partial charge in [-0.15, -0.1) is 0 Å². The highest BCUT2D eigenvalue weighted by molar-refractivity contribution is 5.93. The van der Waals surface area contributed by atoms with E-state index < -0.39 is 0 Å². The van der Waals surface area contributed by atoms with Crippen LogP contribution >= 0.6 is 0 Å². The second-order valence-electron chi connectivity index (χ2n) is 5.20. The fraction of sp³-hybridized carbons (Fsp3) is 0.571. The van der Waals surface area contributed by atoms with E-state index in [2.05, 4.69) is 31.1 Å². The van der Waals surface area contributed by atoms with Crippen molar-refractivity contribution >= 4 is 11.7 Å². The molecule has 1 fully saturated rings. The van der Waals surface area contributed by atoms with Gasteiger partial charge in [0.2, 0.25) is 0 Å². The van der Waals surface area contributed by atoms with E-state index in [1.54, 1.807) is 6.07 Å². The van der Waals surface area contributed by atoms with Gasteiger partial charge in [0.05, 0.1) is 0 Å². The maximum Gasteiger partial charge on any atom is 0.272 e. The molecule has 0 bridgehead atoms. The van der Waals surface area contributed by atoms with Crippen molar-refractivity contribution in [2.24, 2.45) is 0 Å². The van der Waals surface area contributed by atoms with Gasteiger partial charge in [0, 0.05) is 18.6 Å². The Balaban J connectivity index is 2.15. The van der Waals surface area contributed by atoms with Gasteiger partial charge in [0.1, 0.15) is 11.5 Å². The normalized spacial score (nSPS) is 19.3. The summed E-state index contributed by atoms with van der Waals surface area (Å²) in [6.45, 7) is 7.06. The van der Waals surface area contributed by atoms with Crippen molar-refractivity contribution in [3.05, 3.63) is 23.9 Å². The lowest BCUT2D eigenvalue weighted by atomic mass is 10.2. The summed E-state index contributed by atoms with van der Waals surface area (Å²) in [5.41, 5.74) is 0.536. The second-order valence-corrected chi connectivity index (χ2v) is 5.20. The molecule has 1 amide bonds. The van der Waals surface area contributed by atoms with Crippen LogP contribution in [0.15, 0.2) is 18.2 Å². The largest absolute Gasteiger partial charge is 0.368 e. The number of pyridine rings is 1. The number of carbonyl (C=O) groups excluding carboxylic acids is 1. The van der Waals surface area contributed by atoms with Crippen LogP contribution in [0.2, 0.25) is 0 Å². The minimum atomic E-state index is 0.0485. The van der Waals surface area contributed by atoms with Crippen molar-refractivity contribution in [2.45, 2.75) is 45.7 Å². The molecule has 0 radical (unpaired) electrons. The molecule has 1 unspecified atom stereocenters. The van der Waals surface area contributed by atoms with Crippen molar-refractivity contribution in [2.75, 3.05) is 11.9 Å². The third kappa shape index (κ3) is 2.81. The molecule has 2 heterocycles. The van der Waals surface area contributed by atoms with Crippen LogP contribution in [0, 0.1) is 0 Å². The number of carbonyl (C=O) groups is 1. The Morgan fingerprint density at radius 3 is 2.89 bits per heavy atom. The predicted octanol–water partition coefficient (Wildman–Crippen LogP) is 2.53. The first-order valence-corrected chi connectivity index (χ1v) is 6.62. The molecule has 98 valence electrons. The monoisotopic (exact) mass is 247 g/mol. The van der Waals surface area contributed by atoms with Crippen LogP contribution in [0.3, 0.4) is 0 Å². The molecule has 2 rings (SSSR count). The van der Waals surface area contributed by atoms with E-state index in [1.165, 1.54) is 0 Å². The van der Waals surface area contributed by atoms with Gasteiger partial charge in [-0.05, 0) is 45.7 Å². The molecule has 1 aliphatic heterocycles. The zero-order valence-corrected chi connectivity index (χ0v) is 11.3. The minimum Gasteiger partial charge on any atom is -0.368 e. The molecule has 1 atom stereocenters. The van der Waals surface area contributed by atoms with E-state index in [1.807, 2.05) is 17.0 Å². The SMILES string of the molecule is CC(C)Nc1cccc(C(=O)N2CCCC2C)n1. The van der Waals surface area contributed by atoms with E-state index >= 15 is 0 Å². The lowest BCUT2D eigenvalue weighted by molar-refractivity contribution is 0.0741. The molecule has 1 aliphatic rings. The first-order valence-electron chi connectivity index (χ1n) is 6.62. The third-order valence-electron chi connectivity index (χ3n) is 3.22. The smallest absolute Gasteiger partial charge is 0.272 e. The van der Waals surface area contributed by atoms with Crippen LogP contribution < -0.4 is 5.32 Å². The zero-order chi connectivity index (χ0) is 13.1. The summed E-state index contributed by atoms with van der Waals surface area (Å²) in [5.74, 6) is 0.815. The highest BCUT2D eigenvalue weighted by Crippen LogP contribution is 2.19. The number of amides is 1. The Labute approximate surface area is 108 Å². The summed E-state index contributed by atoms with van der Waals surface area (Å²) in [5, 5.41) is 3.22. The van der Waals surface area contributed by atoms with Crippen LogP contribution in [0.4, 0.5) is 5.82 Å². The Hall–Kier alpha value is -1.58. The van der Waals surface area contributed by atoms with Crippen LogP contribution in [0.5, 0.6) is 0 Å². The third-order valence-corrected chi connectivity index (χ3v) is 3.22. The average Bonchev–Trinajstić information content (AvgIpc) is 2.74. The van der Waals surface area contributed by atoms with Crippen molar-refractivity contribution < 1.29 is 4.79 Å². The van der Waals surface area contributed by atoms with Gasteiger partial charge >= 0.3 is 0 Å². The van der Waals surface area contributed by atoms with Crippen LogP contribution in [0.25, 0.3) is 0 Å². The Kier molecular flexibility index (Phi) is 3.84. The number of nitrogens with zero attached hydrogens (tertiary/aromatic N) is 2. The highest BCUT2D eigenvalue weighted by Gasteiger charge is 2.26. The average molecular weight is 247 g/mol. The second kappa shape index (κ2) is 5.38. The van der Waals surface area contributed by atoms with E-state index in [-0.39, 0.29) is 5.91 Å². The lowest BCUT2D eigenvalue weighted by Crippen LogP contribution is -2.34. The van der Waals surface area contributed by atoms with Crippen LogP contribution in [-0.4, -0.2) is 34.4 Å². The Morgan fingerprint density at radius 2 is 2.28 bits per heavy atom. The van der Waals surface area contributed by atoms with Gasteiger partial charge in [-0.1, -0.05) is 6.07 Å². The van der Waals surface area contributed by atoms with E-state index in [9.17, 15) is 4.79 Å². The summed E-state index contributed by atoms with van der Waals surface area (Å²) in [6, 6.07) is 6.21. The van der Waals surface area contributed by atoms with E-state index in [4.69, 9.17) is 0 Å². The van der Waals surface area contributed by atoms with E-state index in [0.717, 1.165) is 25.2 Å². The maximum atomic E-state index is 12.3. The van der Waals surface area contributed by atoms with Crippen molar-refractivity contribution in [1.29, 1.82) is 0 Å². The number of likely N-dealkylation sites (tertiary alicyclic amines) is 1. The van der Waals surface area contributed by atoms with Crippen LogP contribution in [-0.2, 0) is 0 Å². The standard InChI is InChI=1S/C14H21N3O/c1-10(2)15-13-8-4-7-12(16-13)14(18)17-9-5-6-11(17)3/h4,7-8,10-11H,5-6,9H2,1-3H3,(H,15,16). The number of hydrogen-bond acceptors (Lipinski definition) is 3. The molecule has 0 aliphatic carbocycles. The van der Waals surface area contributed by atoms with Gasteiger partial charge in [0.15, 0.2) is 0 Å². The van der Waals surface area contributed by atoms with Crippen molar-refractivity contribution in [3.63, 3.8) is 0 Å². The molecule has 0 spiro atoms. The van der Waals surface area contributed by atoms with Gasteiger partial charge in [-0.3, -0.25) is 4.79 Å². The quantitative estimate of drug-likeness (QED) is 0.892. The van der Waals surface area contributed by atoms with Gasteiger partial charge in [-0.25, -0.2) is 4.98 Å². The number of nitrogens with one attached hydrogen (secondary N) is 1. The maximum absolute atomic E-state index is 12.3. The molecular weight excluding hydrogens is 226 g/mol. The fourth-order valence-corrected chi connectivity index (χ4v) is 2.31. The summed E-state index contributed by atoms with van der Waals surface area (Å²) in [7, 11) is 0. The Morgan fingerprint density at radius 1 is 1.50 bits per heavy atom. The van der Waals surface area contributed by atoms with Gasteiger partial charge < -0.3 is 10.2 Å². The molecule has 0 aromatic carbocycles. The number of aromatic nitrogens is 1. The molecule has 1 aromatic rings.